The normalized spacial score (nSPS) is 15.4. The van der Waals surface area contributed by atoms with Crippen molar-refractivity contribution in [2.75, 3.05) is 5.32 Å². The van der Waals surface area contributed by atoms with Crippen LogP contribution < -0.4 is 10.9 Å². The number of carbonyl (C=O) groups is 1. The topological polar surface area (TPSA) is 118 Å². The Balaban J connectivity index is 1.71. The zero-order chi connectivity index (χ0) is 20.4. The van der Waals surface area contributed by atoms with Crippen LogP contribution in [0.3, 0.4) is 0 Å². The largest absolute Gasteiger partial charge is 0.310 e. The molecule has 0 radical (unpaired) electrons. The van der Waals surface area contributed by atoms with E-state index in [1.807, 2.05) is 30.3 Å². The molecule has 0 saturated heterocycles. The van der Waals surface area contributed by atoms with E-state index >= 15 is 0 Å². The first kappa shape index (κ1) is 18.9. The van der Waals surface area contributed by atoms with E-state index in [0.29, 0.717) is 16.5 Å². The molecule has 8 nitrogen and oxygen atoms in total. The van der Waals surface area contributed by atoms with Crippen molar-refractivity contribution >= 4 is 29.2 Å². The highest BCUT2D eigenvalue weighted by atomic mass is 32.2. The van der Waals surface area contributed by atoms with Gasteiger partial charge in [0.15, 0.2) is 5.16 Å². The number of nitrogens with one attached hydrogen (secondary N) is 2. The third-order valence-corrected chi connectivity index (χ3v) is 5.60. The van der Waals surface area contributed by atoms with E-state index in [-0.39, 0.29) is 29.4 Å². The van der Waals surface area contributed by atoms with Crippen LogP contribution in [0.15, 0.2) is 64.5 Å². The van der Waals surface area contributed by atoms with E-state index in [0.717, 1.165) is 5.56 Å². The second-order valence-corrected chi connectivity index (χ2v) is 7.49. The summed E-state index contributed by atoms with van der Waals surface area (Å²) in [7, 11) is 0. The molecule has 2 aromatic carbocycles. The average molecular weight is 408 g/mol. The molecule has 4 rings (SSSR count). The van der Waals surface area contributed by atoms with Gasteiger partial charge in [-0.2, -0.15) is 0 Å². The molecule has 1 aliphatic heterocycles. The van der Waals surface area contributed by atoms with Crippen LogP contribution in [-0.2, 0) is 10.5 Å². The van der Waals surface area contributed by atoms with Crippen molar-refractivity contribution in [1.82, 2.24) is 9.97 Å². The predicted octanol–water partition coefficient (Wildman–Crippen LogP) is 3.44. The number of aromatic nitrogens is 2. The number of rotatable bonds is 5. The van der Waals surface area contributed by atoms with E-state index in [1.165, 1.54) is 17.8 Å². The lowest BCUT2D eigenvalue weighted by Gasteiger charge is -2.24. The molecule has 2 N–H and O–H groups in total. The van der Waals surface area contributed by atoms with Crippen LogP contribution in [0.5, 0.6) is 0 Å². The van der Waals surface area contributed by atoms with Crippen LogP contribution in [0.25, 0.3) is 0 Å². The zero-order valence-electron chi connectivity index (χ0n) is 15.1. The minimum atomic E-state index is -0.732. The lowest BCUT2D eigenvalue weighted by Crippen LogP contribution is -2.31. The highest BCUT2D eigenvalue weighted by molar-refractivity contribution is 7.98. The molecule has 9 heteroatoms. The van der Waals surface area contributed by atoms with Gasteiger partial charge in [0.25, 0.3) is 11.2 Å². The molecular formula is C20H16N4O4S. The van der Waals surface area contributed by atoms with Gasteiger partial charge in [-0.05, 0) is 5.56 Å². The number of hydrogen-bond donors (Lipinski definition) is 2. The number of amides is 1. The maximum absolute atomic E-state index is 12.8. The van der Waals surface area contributed by atoms with Gasteiger partial charge in [0, 0.05) is 29.7 Å². The molecule has 0 aliphatic carbocycles. The quantitative estimate of drug-likeness (QED) is 0.289. The Kier molecular flexibility index (Phi) is 5.13. The summed E-state index contributed by atoms with van der Waals surface area (Å²) in [5, 5.41) is 14.4. The molecule has 0 spiro atoms. The predicted molar refractivity (Wildman–Crippen MR) is 109 cm³/mol. The molecule has 1 unspecified atom stereocenters. The molecule has 0 fully saturated rings. The molecule has 146 valence electrons. The number of benzene rings is 2. The highest BCUT2D eigenvalue weighted by Gasteiger charge is 2.34. The van der Waals surface area contributed by atoms with Crippen molar-refractivity contribution < 1.29 is 9.72 Å². The van der Waals surface area contributed by atoms with Gasteiger partial charge >= 0.3 is 0 Å². The van der Waals surface area contributed by atoms with Crippen molar-refractivity contribution in [3.8, 4) is 0 Å². The number of nitro benzene ring substituents is 1. The molecule has 1 atom stereocenters. The number of anilines is 1. The Morgan fingerprint density at radius 2 is 1.83 bits per heavy atom. The van der Waals surface area contributed by atoms with Crippen LogP contribution in [0.1, 0.15) is 29.0 Å². The Morgan fingerprint density at radius 1 is 1.10 bits per heavy atom. The number of nitrogens with zero attached hydrogens (tertiary/aromatic N) is 2. The fraction of sp³-hybridized carbons (Fsp3) is 0.150. The lowest BCUT2D eigenvalue weighted by atomic mass is 9.86. The smallest absolute Gasteiger partial charge is 0.273 e. The minimum Gasteiger partial charge on any atom is -0.310 e. The zero-order valence-corrected chi connectivity index (χ0v) is 15.9. The van der Waals surface area contributed by atoms with E-state index in [2.05, 4.69) is 15.3 Å². The fourth-order valence-corrected chi connectivity index (χ4v) is 4.18. The summed E-state index contributed by atoms with van der Waals surface area (Å²) in [5.41, 5.74) is 1.10. The summed E-state index contributed by atoms with van der Waals surface area (Å²) in [6.45, 7) is 0. The summed E-state index contributed by atoms with van der Waals surface area (Å²) in [5.74, 6) is -0.310. The number of fused-ring (bicyclic) bond motifs is 1. The second-order valence-electron chi connectivity index (χ2n) is 6.53. The third kappa shape index (κ3) is 3.90. The van der Waals surface area contributed by atoms with Crippen LogP contribution in [0, 0.1) is 10.1 Å². The number of thioether (sulfide) groups is 1. The highest BCUT2D eigenvalue weighted by Crippen LogP contribution is 2.38. The van der Waals surface area contributed by atoms with Gasteiger partial charge in [-0.1, -0.05) is 60.3 Å². The number of hydrogen-bond acceptors (Lipinski definition) is 6. The molecule has 1 aromatic heterocycles. The Morgan fingerprint density at radius 3 is 2.59 bits per heavy atom. The molecule has 3 aromatic rings. The average Bonchev–Trinajstić information content (AvgIpc) is 2.72. The van der Waals surface area contributed by atoms with E-state index in [1.54, 1.807) is 18.2 Å². The number of para-hydroxylation sites is 1. The van der Waals surface area contributed by atoms with E-state index < -0.39 is 16.4 Å². The van der Waals surface area contributed by atoms with Crippen molar-refractivity contribution in [2.45, 2.75) is 23.2 Å². The van der Waals surface area contributed by atoms with E-state index in [9.17, 15) is 19.7 Å². The number of aromatic amines is 1. The van der Waals surface area contributed by atoms with Crippen LogP contribution >= 0.6 is 11.8 Å². The van der Waals surface area contributed by atoms with Crippen molar-refractivity contribution in [3.05, 3.63) is 91.8 Å². The van der Waals surface area contributed by atoms with E-state index in [4.69, 9.17) is 0 Å². The Hall–Kier alpha value is -3.46. The summed E-state index contributed by atoms with van der Waals surface area (Å²) in [6, 6.07) is 15.9. The molecule has 1 amide bonds. The van der Waals surface area contributed by atoms with Gasteiger partial charge in [-0.15, -0.1) is 0 Å². The van der Waals surface area contributed by atoms with Crippen LogP contribution in [0.2, 0.25) is 0 Å². The van der Waals surface area contributed by atoms with Gasteiger partial charge in [-0.3, -0.25) is 19.7 Å². The van der Waals surface area contributed by atoms with Gasteiger partial charge < -0.3 is 10.3 Å². The summed E-state index contributed by atoms with van der Waals surface area (Å²) >= 11 is 1.34. The maximum Gasteiger partial charge on any atom is 0.273 e. The summed E-state index contributed by atoms with van der Waals surface area (Å²) in [4.78, 5) is 43.1. The summed E-state index contributed by atoms with van der Waals surface area (Å²) in [6.07, 6.45) is -0.0564. The third-order valence-electron chi connectivity index (χ3n) is 4.66. The standard InChI is InChI=1S/C20H16N4O4S/c25-16-10-14(13-8-4-5-9-15(13)24(27)28)17-18(21-16)22-20(23-19(17)26)29-11-12-6-2-1-3-7-12/h1-9,14H,10-11H2,(H2,21,22,23,25,26). The van der Waals surface area contributed by atoms with Crippen molar-refractivity contribution in [2.24, 2.45) is 0 Å². The SMILES string of the molecule is O=C1CC(c2ccccc2[N+](=O)[O-])c2c(nc(SCc3ccccc3)[nH]c2=O)N1. The fourth-order valence-electron chi connectivity index (χ4n) is 3.36. The van der Waals surface area contributed by atoms with Crippen molar-refractivity contribution in [1.29, 1.82) is 0 Å². The van der Waals surface area contributed by atoms with Gasteiger partial charge in [0.1, 0.15) is 5.82 Å². The van der Waals surface area contributed by atoms with Gasteiger partial charge in [0.2, 0.25) is 5.91 Å². The molecule has 0 saturated carbocycles. The number of carbonyl (C=O) groups excluding carboxylic acids is 1. The Labute approximate surface area is 169 Å². The molecule has 1 aliphatic rings. The monoisotopic (exact) mass is 408 g/mol. The minimum absolute atomic E-state index is 0.0564. The first-order chi connectivity index (χ1) is 14.0. The van der Waals surface area contributed by atoms with Gasteiger partial charge in [-0.25, -0.2) is 4.98 Å². The molecule has 2 heterocycles. The maximum atomic E-state index is 12.8. The molecule has 29 heavy (non-hydrogen) atoms. The summed E-state index contributed by atoms with van der Waals surface area (Å²) < 4.78 is 0. The molecular weight excluding hydrogens is 392 g/mol. The second kappa shape index (κ2) is 7.88. The van der Waals surface area contributed by atoms with Crippen molar-refractivity contribution in [3.63, 3.8) is 0 Å². The Bertz CT molecular complexity index is 1150. The number of H-pyrrole nitrogens is 1. The number of nitro groups is 1. The van der Waals surface area contributed by atoms with Gasteiger partial charge in [0.05, 0.1) is 10.5 Å². The first-order valence-corrected chi connectivity index (χ1v) is 9.85. The van der Waals surface area contributed by atoms with Crippen LogP contribution in [0.4, 0.5) is 11.5 Å². The lowest BCUT2D eigenvalue weighted by molar-refractivity contribution is -0.385. The van der Waals surface area contributed by atoms with Crippen LogP contribution in [-0.4, -0.2) is 20.8 Å². The first-order valence-electron chi connectivity index (χ1n) is 8.87. The molecule has 0 bridgehead atoms.